The van der Waals surface area contributed by atoms with Crippen LogP contribution in [0.4, 0.5) is 11.4 Å². The Kier molecular flexibility index (Phi) is 2.60. The zero-order valence-corrected chi connectivity index (χ0v) is 9.33. The van der Waals surface area contributed by atoms with Crippen LogP contribution in [0.3, 0.4) is 0 Å². The van der Waals surface area contributed by atoms with Crippen LogP contribution < -0.4 is 11.1 Å². The highest BCUT2D eigenvalue weighted by molar-refractivity contribution is 6.30. The fourth-order valence-corrected chi connectivity index (χ4v) is 1.41. The first-order valence-electron chi connectivity index (χ1n) is 5.88. The minimum atomic E-state index is -1.71. The van der Waals surface area contributed by atoms with Crippen molar-refractivity contribution in [2.45, 2.75) is 6.50 Å². The van der Waals surface area contributed by atoms with Gasteiger partial charge in [-0.3, -0.25) is 0 Å². The molecule has 2 rings (SSSR count). The first-order valence-corrected chi connectivity index (χ1v) is 5.25. The number of para-hydroxylation sites is 2. The van der Waals surface area contributed by atoms with Crippen LogP contribution in [0, 0.1) is 0 Å². The van der Waals surface area contributed by atoms with E-state index in [1.165, 1.54) is 0 Å². The van der Waals surface area contributed by atoms with Gasteiger partial charge in [0.05, 0.1) is 14.1 Å². The minimum Gasteiger partial charge on any atom is -0.397 e. The predicted octanol–water partition coefficient (Wildman–Crippen LogP) is 3.53. The Hall–Kier alpha value is -1.67. The molecule has 0 saturated heterocycles. The number of hydrogen-bond acceptors (Lipinski definition) is 2. The second-order valence-corrected chi connectivity index (χ2v) is 3.78. The molecule has 0 aliphatic heterocycles. The van der Waals surface area contributed by atoms with E-state index < -0.39 is 6.50 Å². The van der Waals surface area contributed by atoms with Gasteiger partial charge in [0, 0.05) is 11.5 Å². The molecule has 0 spiro atoms. The zero-order chi connectivity index (χ0) is 13.2. The molecule has 82 valence electrons. The number of nitrogens with two attached hydrogens (primary N) is 1. The Morgan fingerprint density at radius 3 is 2.50 bits per heavy atom. The molecule has 0 aliphatic carbocycles. The second-order valence-electron chi connectivity index (χ2n) is 3.34. The molecule has 0 heterocycles. The molecule has 0 amide bonds. The molecular weight excluding hydrogens is 220 g/mol. The van der Waals surface area contributed by atoms with Crippen LogP contribution in [0.1, 0.15) is 8.30 Å². The van der Waals surface area contributed by atoms with Crippen LogP contribution in [-0.2, 0) is 6.50 Å². The van der Waals surface area contributed by atoms with E-state index in [0.717, 1.165) is 0 Å². The smallest absolute Gasteiger partial charge is 0.0576 e. The lowest BCUT2D eigenvalue weighted by Gasteiger charge is -2.08. The van der Waals surface area contributed by atoms with Crippen molar-refractivity contribution in [3.8, 4) is 0 Å². The maximum absolute atomic E-state index is 8.03. The molecule has 3 N–H and O–H groups in total. The van der Waals surface area contributed by atoms with Crippen molar-refractivity contribution < 1.29 is 2.74 Å². The SMILES string of the molecule is [2H]C([2H])(Nc1ccccc1N)c1ccc(Cl)cc1. The summed E-state index contributed by atoms with van der Waals surface area (Å²) < 4.78 is 16.1. The average molecular weight is 235 g/mol. The third kappa shape index (κ3) is 2.67. The second kappa shape index (κ2) is 4.90. The Balaban J connectivity index is 2.27. The summed E-state index contributed by atoms with van der Waals surface area (Å²) in [7, 11) is 0. The maximum Gasteiger partial charge on any atom is 0.0576 e. The Labute approximate surface area is 103 Å². The molecule has 0 aliphatic rings. The van der Waals surface area contributed by atoms with Gasteiger partial charge in [0.1, 0.15) is 0 Å². The van der Waals surface area contributed by atoms with Crippen LogP contribution in [0.2, 0.25) is 5.02 Å². The summed E-state index contributed by atoms with van der Waals surface area (Å²) in [5, 5.41) is 3.37. The summed E-state index contributed by atoms with van der Waals surface area (Å²) in [6, 6.07) is 13.7. The summed E-state index contributed by atoms with van der Waals surface area (Å²) in [4.78, 5) is 0. The summed E-state index contributed by atoms with van der Waals surface area (Å²) in [5.74, 6) is 0. The Bertz CT molecular complexity index is 541. The van der Waals surface area contributed by atoms with E-state index in [0.29, 0.717) is 22.0 Å². The van der Waals surface area contributed by atoms with Crippen LogP contribution in [0.25, 0.3) is 0 Å². The van der Waals surface area contributed by atoms with E-state index in [1.54, 1.807) is 48.5 Å². The monoisotopic (exact) mass is 234 g/mol. The molecule has 2 aromatic carbocycles. The first kappa shape index (κ1) is 8.48. The van der Waals surface area contributed by atoms with Crippen molar-refractivity contribution in [1.29, 1.82) is 0 Å². The van der Waals surface area contributed by atoms with Gasteiger partial charge >= 0.3 is 0 Å². The molecule has 0 aromatic heterocycles. The van der Waals surface area contributed by atoms with Gasteiger partial charge in [0.25, 0.3) is 0 Å². The quantitative estimate of drug-likeness (QED) is 0.798. The summed E-state index contributed by atoms with van der Waals surface area (Å²) in [5.41, 5.74) is 7.35. The Morgan fingerprint density at radius 1 is 1.12 bits per heavy atom. The summed E-state index contributed by atoms with van der Waals surface area (Å²) in [6.07, 6.45) is 0. The van der Waals surface area contributed by atoms with E-state index in [4.69, 9.17) is 20.1 Å². The number of halogens is 1. The van der Waals surface area contributed by atoms with Gasteiger partial charge in [-0.25, -0.2) is 0 Å². The van der Waals surface area contributed by atoms with Crippen molar-refractivity contribution in [2.24, 2.45) is 0 Å². The molecule has 0 atom stereocenters. The molecule has 3 heteroatoms. The molecule has 16 heavy (non-hydrogen) atoms. The first-order chi connectivity index (χ1) is 8.49. The van der Waals surface area contributed by atoms with Gasteiger partial charge in [-0.1, -0.05) is 35.9 Å². The van der Waals surface area contributed by atoms with Crippen LogP contribution in [0.15, 0.2) is 48.5 Å². The molecule has 0 unspecified atom stereocenters. The van der Waals surface area contributed by atoms with Gasteiger partial charge in [0.15, 0.2) is 0 Å². The van der Waals surface area contributed by atoms with E-state index in [-0.39, 0.29) is 0 Å². The van der Waals surface area contributed by atoms with Gasteiger partial charge in [-0.2, -0.15) is 0 Å². The molecular formula is C13H13ClN2. The topological polar surface area (TPSA) is 38.0 Å². The summed E-state index contributed by atoms with van der Waals surface area (Å²) >= 11 is 5.78. The molecule has 0 radical (unpaired) electrons. The molecule has 0 saturated carbocycles. The fourth-order valence-electron chi connectivity index (χ4n) is 1.28. The van der Waals surface area contributed by atoms with Crippen molar-refractivity contribution >= 4 is 23.0 Å². The highest BCUT2D eigenvalue weighted by atomic mass is 35.5. The fraction of sp³-hybridized carbons (Fsp3) is 0.0769. The van der Waals surface area contributed by atoms with Crippen LogP contribution in [0.5, 0.6) is 0 Å². The molecule has 2 nitrogen and oxygen atoms in total. The molecule has 0 fully saturated rings. The number of anilines is 2. The average Bonchev–Trinajstić information content (AvgIpc) is 2.32. The van der Waals surface area contributed by atoms with Gasteiger partial charge in [-0.05, 0) is 29.8 Å². The predicted molar refractivity (Wildman–Crippen MR) is 69.6 cm³/mol. The lowest BCUT2D eigenvalue weighted by Crippen LogP contribution is -2.01. The van der Waals surface area contributed by atoms with E-state index in [9.17, 15) is 0 Å². The van der Waals surface area contributed by atoms with E-state index >= 15 is 0 Å². The van der Waals surface area contributed by atoms with E-state index in [1.807, 2.05) is 0 Å². The lowest BCUT2D eigenvalue weighted by atomic mass is 10.2. The van der Waals surface area contributed by atoms with Crippen LogP contribution in [-0.4, -0.2) is 0 Å². The largest absolute Gasteiger partial charge is 0.397 e. The summed E-state index contributed by atoms with van der Waals surface area (Å²) in [6.45, 7) is -1.71. The third-order valence-corrected chi connectivity index (χ3v) is 2.40. The lowest BCUT2D eigenvalue weighted by molar-refractivity contribution is 1.15. The van der Waals surface area contributed by atoms with Crippen molar-refractivity contribution in [1.82, 2.24) is 0 Å². The molecule has 0 bridgehead atoms. The Morgan fingerprint density at radius 2 is 1.81 bits per heavy atom. The zero-order valence-electron chi connectivity index (χ0n) is 10.6. The number of nitrogen functional groups attached to an aromatic ring is 1. The normalized spacial score (nSPS) is 12.8. The van der Waals surface area contributed by atoms with E-state index in [2.05, 4.69) is 5.32 Å². The van der Waals surface area contributed by atoms with Crippen molar-refractivity contribution in [3.05, 3.63) is 59.1 Å². The van der Waals surface area contributed by atoms with Gasteiger partial charge in [0.2, 0.25) is 0 Å². The highest BCUT2D eigenvalue weighted by Gasteiger charge is 1.97. The third-order valence-electron chi connectivity index (χ3n) is 2.15. The van der Waals surface area contributed by atoms with Crippen LogP contribution >= 0.6 is 11.6 Å². The highest BCUT2D eigenvalue weighted by Crippen LogP contribution is 2.18. The molecule has 2 aromatic rings. The standard InChI is InChI=1S/C13H13ClN2/c14-11-7-5-10(6-8-11)9-16-13-4-2-1-3-12(13)15/h1-8,16H,9,15H2/i9D2. The van der Waals surface area contributed by atoms with Crippen molar-refractivity contribution in [3.63, 3.8) is 0 Å². The number of nitrogens with one attached hydrogen (secondary N) is 1. The minimum absolute atomic E-state index is 0.496. The van der Waals surface area contributed by atoms with Gasteiger partial charge < -0.3 is 11.1 Å². The number of rotatable bonds is 3. The number of benzene rings is 2. The number of hydrogen-bond donors (Lipinski definition) is 2. The van der Waals surface area contributed by atoms with Crippen molar-refractivity contribution in [2.75, 3.05) is 11.1 Å². The maximum atomic E-state index is 8.03. The van der Waals surface area contributed by atoms with Gasteiger partial charge in [-0.15, -0.1) is 0 Å².